The summed E-state index contributed by atoms with van der Waals surface area (Å²) in [7, 11) is 0. The van der Waals surface area contributed by atoms with Crippen LogP contribution < -0.4 is 11.1 Å². The quantitative estimate of drug-likeness (QED) is 0.743. The maximum atomic E-state index is 12.8. The van der Waals surface area contributed by atoms with Gasteiger partial charge in [0.1, 0.15) is 0 Å². The van der Waals surface area contributed by atoms with Gasteiger partial charge in [-0.2, -0.15) is 0 Å². The molecule has 0 radical (unpaired) electrons. The lowest BCUT2D eigenvalue weighted by molar-refractivity contribution is -0.133. The number of nitrogens with two attached hydrogens (primary N) is 1. The van der Waals surface area contributed by atoms with Crippen LogP contribution in [0.1, 0.15) is 56.9 Å². The number of halogens is 1. The largest absolute Gasteiger partial charge is 0.339 e. The Morgan fingerprint density at radius 3 is 2.70 bits per heavy atom. The number of carbonyl (C=O) groups excluding carboxylic acids is 2. The topological polar surface area (TPSA) is 75.4 Å². The molecule has 1 unspecified atom stereocenters. The Morgan fingerprint density at radius 1 is 1.22 bits per heavy atom. The molecule has 148 valence electrons. The van der Waals surface area contributed by atoms with Crippen molar-refractivity contribution >= 4 is 29.1 Å². The van der Waals surface area contributed by atoms with Crippen LogP contribution in [0.5, 0.6) is 0 Å². The smallest absolute Gasteiger partial charge is 0.226 e. The molecule has 0 aromatic heterocycles. The van der Waals surface area contributed by atoms with Gasteiger partial charge in [0.2, 0.25) is 11.8 Å². The van der Waals surface area contributed by atoms with E-state index in [0.717, 1.165) is 31.4 Å². The standard InChI is InChI=1S/C21H30ClN3O2/c22-19-14-17(24-20(26)7-4-11-23)9-8-15(19)13-16-10-12-25(21(16)27)18-5-2-1-3-6-18/h8-9,14,16,18H,1-7,10-13,23H2,(H,24,26). The highest BCUT2D eigenvalue weighted by Crippen LogP contribution is 2.32. The van der Waals surface area contributed by atoms with Gasteiger partial charge in [-0.15, -0.1) is 0 Å². The molecule has 0 spiro atoms. The predicted molar refractivity (Wildman–Crippen MR) is 109 cm³/mol. The Labute approximate surface area is 166 Å². The zero-order valence-corrected chi connectivity index (χ0v) is 16.6. The lowest BCUT2D eigenvalue weighted by atomic mass is 9.94. The third-order valence-corrected chi connectivity index (χ3v) is 6.13. The molecule has 2 aliphatic rings. The van der Waals surface area contributed by atoms with Crippen molar-refractivity contribution in [1.82, 2.24) is 4.90 Å². The van der Waals surface area contributed by atoms with E-state index >= 15 is 0 Å². The predicted octanol–water partition coefficient (Wildman–Crippen LogP) is 3.74. The number of nitrogens with zero attached hydrogens (tertiary/aromatic N) is 1. The van der Waals surface area contributed by atoms with Gasteiger partial charge in [-0.1, -0.05) is 36.9 Å². The van der Waals surface area contributed by atoms with Gasteiger partial charge in [0.15, 0.2) is 0 Å². The number of carbonyl (C=O) groups is 2. The average Bonchev–Trinajstić information content (AvgIpc) is 3.03. The lowest BCUT2D eigenvalue weighted by Crippen LogP contribution is -2.39. The van der Waals surface area contributed by atoms with Crippen LogP contribution in [0.2, 0.25) is 5.02 Å². The molecule has 2 amide bonds. The summed E-state index contributed by atoms with van der Waals surface area (Å²) < 4.78 is 0. The van der Waals surface area contributed by atoms with Gasteiger partial charge in [0, 0.05) is 35.6 Å². The molecular formula is C21H30ClN3O2. The van der Waals surface area contributed by atoms with Crippen molar-refractivity contribution in [3.63, 3.8) is 0 Å². The summed E-state index contributed by atoms with van der Waals surface area (Å²) in [6.45, 7) is 1.38. The minimum absolute atomic E-state index is 0.0226. The Morgan fingerprint density at radius 2 is 2.00 bits per heavy atom. The normalized spacial score (nSPS) is 20.9. The maximum Gasteiger partial charge on any atom is 0.226 e. The third kappa shape index (κ3) is 5.23. The summed E-state index contributed by atoms with van der Waals surface area (Å²) in [4.78, 5) is 26.8. The maximum absolute atomic E-state index is 12.8. The summed E-state index contributed by atoms with van der Waals surface area (Å²) in [5, 5.41) is 3.45. The SMILES string of the molecule is NCCCC(=O)Nc1ccc(CC2CCN(C3CCCCC3)C2=O)c(Cl)c1. The van der Waals surface area contributed by atoms with E-state index in [9.17, 15) is 9.59 Å². The first-order valence-corrected chi connectivity index (χ1v) is 10.5. The van der Waals surface area contributed by atoms with Gasteiger partial charge in [-0.25, -0.2) is 0 Å². The van der Waals surface area contributed by atoms with Crippen molar-refractivity contribution < 1.29 is 9.59 Å². The molecule has 1 aliphatic carbocycles. The van der Waals surface area contributed by atoms with Crippen molar-refractivity contribution in [3.05, 3.63) is 28.8 Å². The highest BCUT2D eigenvalue weighted by Gasteiger charge is 2.36. The molecule has 3 N–H and O–H groups in total. The number of benzene rings is 1. The fraction of sp³-hybridized carbons (Fsp3) is 0.619. The summed E-state index contributed by atoms with van der Waals surface area (Å²) in [6.07, 6.45) is 8.73. The highest BCUT2D eigenvalue weighted by atomic mass is 35.5. The molecule has 27 heavy (non-hydrogen) atoms. The number of hydrogen-bond donors (Lipinski definition) is 2. The zero-order chi connectivity index (χ0) is 19.2. The van der Waals surface area contributed by atoms with Crippen LogP contribution in [-0.2, 0) is 16.0 Å². The molecular weight excluding hydrogens is 362 g/mol. The number of rotatable bonds is 7. The van der Waals surface area contributed by atoms with Crippen molar-refractivity contribution in [1.29, 1.82) is 0 Å². The Hall–Kier alpha value is -1.59. The zero-order valence-electron chi connectivity index (χ0n) is 15.9. The molecule has 5 nitrogen and oxygen atoms in total. The molecule has 1 saturated carbocycles. The summed E-state index contributed by atoms with van der Waals surface area (Å²) >= 11 is 6.43. The van der Waals surface area contributed by atoms with Gasteiger partial charge in [0.05, 0.1) is 0 Å². The molecule has 6 heteroatoms. The van der Waals surface area contributed by atoms with E-state index < -0.39 is 0 Å². The van der Waals surface area contributed by atoms with Crippen LogP contribution in [0, 0.1) is 5.92 Å². The van der Waals surface area contributed by atoms with Gasteiger partial charge in [0.25, 0.3) is 0 Å². The molecule has 3 rings (SSSR count). The molecule has 1 aromatic carbocycles. The first-order valence-electron chi connectivity index (χ1n) is 10.2. The van der Waals surface area contributed by atoms with E-state index in [1.54, 1.807) is 6.07 Å². The number of amides is 2. The van der Waals surface area contributed by atoms with Gasteiger partial charge < -0.3 is 16.0 Å². The molecule has 1 heterocycles. The second-order valence-electron chi connectivity index (χ2n) is 7.76. The second-order valence-corrected chi connectivity index (χ2v) is 8.17. The number of nitrogens with one attached hydrogen (secondary N) is 1. The van der Waals surface area contributed by atoms with E-state index in [4.69, 9.17) is 17.3 Å². The monoisotopic (exact) mass is 391 g/mol. The first kappa shape index (κ1) is 20.2. The Balaban J connectivity index is 1.57. The van der Waals surface area contributed by atoms with Crippen LogP contribution in [0.3, 0.4) is 0 Å². The number of likely N-dealkylation sites (tertiary alicyclic amines) is 1. The Bertz CT molecular complexity index is 673. The molecule has 1 aliphatic heterocycles. The minimum Gasteiger partial charge on any atom is -0.339 e. The molecule has 2 fully saturated rings. The van der Waals surface area contributed by atoms with Gasteiger partial charge in [-0.3, -0.25) is 9.59 Å². The van der Waals surface area contributed by atoms with E-state index in [0.29, 0.717) is 42.6 Å². The minimum atomic E-state index is -0.0571. The highest BCUT2D eigenvalue weighted by molar-refractivity contribution is 6.31. The average molecular weight is 392 g/mol. The van der Waals surface area contributed by atoms with Gasteiger partial charge in [-0.05, 0) is 56.3 Å². The molecule has 1 atom stereocenters. The number of anilines is 1. The van der Waals surface area contributed by atoms with Crippen LogP contribution in [0.25, 0.3) is 0 Å². The van der Waals surface area contributed by atoms with E-state index in [2.05, 4.69) is 10.2 Å². The Kier molecular flexibility index (Phi) is 7.13. The van der Waals surface area contributed by atoms with Crippen molar-refractivity contribution in [2.75, 3.05) is 18.4 Å². The van der Waals surface area contributed by atoms with Gasteiger partial charge >= 0.3 is 0 Å². The van der Waals surface area contributed by atoms with Crippen LogP contribution in [0.15, 0.2) is 18.2 Å². The summed E-state index contributed by atoms with van der Waals surface area (Å²) in [6, 6.07) is 6.00. The first-order chi connectivity index (χ1) is 13.1. The third-order valence-electron chi connectivity index (χ3n) is 5.78. The summed E-state index contributed by atoms with van der Waals surface area (Å²) in [5.41, 5.74) is 7.09. The fourth-order valence-corrected chi connectivity index (χ4v) is 4.51. The number of hydrogen-bond acceptors (Lipinski definition) is 3. The van der Waals surface area contributed by atoms with Crippen LogP contribution in [-0.4, -0.2) is 35.8 Å². The lowest BCUT2D eigenvalue weighted by Gasteiger charge is -2.31. The second kappa shape index (κ2) is 9.56. The van der Waals surface area contributed by atoms with Crippen molar-refractivity contribution in [2.45, 2.75) is 63.8 Å². The van der Waals surface area contributed by atoms with E-state index in [1.165, 1.54) is 19.3 Å². The summed E-state index contributed by atoms with van der Waals surface area (Å²) in [5.74, 6) is 0.255. The molecule has 1 saturated heterocycles. The van der Waals surface area contributed by atoms with Crippen molar-refractivity contribution in [2.24, 2.45) is 11.7 Å². The van der Waals surface area contributed by atoms with Crippen molar-refractivity contribution in [3.8, 4) is 0 Å². The van der Waals surface area contributed by atoms with Crippen LogP contribution in [0.4, 0.5) is 5.69 Å². The molecule has 0 bridgehead atoms. The van der Waals surface area contributed by atoms with E-state index in [1.807, 2.05) is 12.1 Å². The fourth-order valence-electron chi connectivity index (χ4n) is 4.25. The molecule has 1 aromatic rings. The van der Waals surface area contributed by atoms with Crippen LogP contribution >= 0.6 is 11.6 Å². The van der Waals surface area contributed by atoms with E-state index in [-0.39, 0.29) is 17.7 Å².